The Morgan fingerprint density at radius 3 is 2.35 bits per heavy atom. The predicted octanol–water partition coefficient (Wildman–Crippen LogP) is 6.01. The van der Waals surface area contributed by atoms with E-state index in [0.717, 1.165) is 48.6 Å². The number of benzene rings is 2. The Kier molecular flexibility index (Phi) is 10.6. The molecule has 0 saturated carbocycles. The number of nitrogens with zero attached hydrogens (tertiary/aromatic N) is 4. The first-order valence-corrected chi connectivity index (χ1v) is 12.9. The average molecular weight is 531 g/mol. The van der Waals surface area contributed by atoms with Gasteiger partial charge in [0, 0.05) is 54.6 Å². The number of halogens is 2. The van der Waals surface area contributed by atoms with Gasteiger partial charge in [0.05, 0.1) is 7.11 Å². The maximum Gasteiger partial charge on any atom is 0.249 e. The molecule has 2 N–H and O–H groups in total. The third-order valence-electron chi connectivity index (χ3n) is 5.58. The van der Waals surface area contributed by atoms with E-state index in [4.69, 9.17) is 4.84 Å². The van der Waals surface area contributed by atoms with Crippen LogP contribution in [-0.4, -0.2) is 52.5 Å². The van der Waals surface area contributed by atoms with Crippen LogP contribution in [0.5, 0.6) is 0 Å². The Hall–Kier alpha value is -3.28. The van der Waals surface area contributed by atoms with Crippen LogP contribution in [0.1, 0.15) is 26.7 Å². The maximum absolute atomic E-state index is 13.4. The fourth-order valence-corrected chi connectivity index (χ4v) is 4.58. The standard InChI is InChI=1S/C24H26F2N6O2S.C2H6/c1-31(34-2)23(33)16-10-13-32(14-11-16)35-19-6-3-17(4-7-19)29-24-27-12-9-22(30-24)28-18-5-8-20(25)21(26)15-18;1-2/h3-9,12,15-16H,10-11,13-14H2,1-2H3,(H2,27,28,29,30);1-2H3. The molecule has 0 radical (unpaired) electrons. The second-order valence-corrected chi connectivity index (χ2v) is 9.15. The number of rotatable bonds is 8. The third kappa shape index (κ3) is 8.11. The number of hydrogen-bond donors (Lipinski definition) is 2. The van der Waals surface area contributed by atoms with Gasteiger partial charge in [0.2, 0.25) is 11.9 Å². The third-order valence-corrected chi connectivity index (χ3v) is 6.69. The highest BCUT2D eigenvalue weighted by molar-refractivity contribution is 7.97. The van der Waals surface area contributed by atoms with Crippen molar-refractivity contribution in [3.63, 3.8) is 0 Å². The van der Waals surface area contributed by atoms with E-state index in [-0.39, 0.29) is 11.8 Å². The van der Waals surface area contributed by atoms with Gasteiger partial charge in [-0.15, -0.1) is 0 Å². The van der Waals surface area contributed by atoms with Gasteiger partial charge in [0.25, 0.3) is 0 Å². The number of amides is 1. The Morgan fingerprint density at radius 1 is 1.03 bits per heavy atom. The molecule has 1 aliphatic rings. The maximum atomic E-state index is 13.4. The number of carbonyl (C=O) groups excluding carboxylic acids is 1. The number of anilines is 4. The highest BCUT2D eigenvalue weighted by Crippen LogP contribution is 2.30. The van der Waals surface area contributed by atoms with E-state index in [0.29, 0.717) is 17.5 Å². The molecule has 2 aromatic carbocycles. The zero-order valence-corrected chi connectivity index (χ0v) is 22.2. The molecule has 37 heavy (non-hydrogen) atoms. The molecular weight excluding hydrogens is 498 g/mol. The number of piperidine rings is 1. The molecule has 1 saturated heterocycles. The van der Waals surface area contributed by atoms with Crippen molar-refractivity contribution in [3.05, 3.63) is 66.4 Å². The SMILES string of the molecule is CC.CON(C)C(=O)C1CCN(Sc2ccc(Nc3nccc(Nc4ccc(F)c(F)c4)n3)cc2)CC1. The average Bonchev–Trinajstić information content (AvgIpc) is 2.93. The summed E-state index contributed by atoms with van der Waals surface area (Å²) in [5.74, 6) is -1.01. The molecule has 3 aromatic rings. The van der Waals surface area contributed by atoms with Crippen molar-refractivity contribution in [2.75, 3.05) is 37.9 Å². The molecule has 0 unspecified atom stereocenters. The van der Waals surface area contributed by atoms with Crippen molar-refractivity contribution >= 4 is 41.0 Å². The van der Waals surface area contributed by atoms with Crippen molar-refractivity contribution in [3.8, 4) is 0 Å². The van der Waals surface area contributed by atoms with Crippen LogP contribution >= 0.6 is 11.9 Å². The largest absolute Gasteiger partial charge is 0.340 e. The molecule has 0 atom stereocenters. The van der Waals surface area contributed by atoms with Crippen LogP contribution in [0.3, 0.4) is 0 Å². The summed E-state index contributed by atoms with van der Waals surface area (Å²) in [7, 11) is 3.14. The Labute approximate surface area is 220 Å². The van der Waals surface area contributed by atoms with Crippen molar-refractivity contribution < 1.29 is 18.4 Å². The van der Waals surface area contributed by atoms with Gasteiger partial charge >= 0.3 is 0 Å². The number of hydrogen-bond acceptors (Lipinski definition) is 8. The summed E-state index contributed by atoms with van der Waals surface area (Å²) in [5.41, 5.74) is 1.19. The van der Waals surface area contributed by atoms with Crippen molar-refractivity contribution in [1.82, 2.24) is 19.3 Å². The molecule has 1 aromatic heterocycles. The normalized spacial score (nSPS) is 13.9. The summed E-state index contributed by atoms with van der Waals surface area (Å²) in [5, 5.41) is 7.38. The minimum Gasteiger partial charge on any atom is -0.340 e. The fraction of sp³-hybridized carbons (Fsp3) is 0.346. The summed E-state index contributed by atoms with van der Waals surface area (Å²) >= 11 is 1.66. The van der Waals surface area contributed by atoms with Gasteiger partial charge in [-0.25, -0.2) is 23.1 Å². The first-order valence-electron chi connectivity index (χ1n) is 12.1. The molecule has 0 bridgehead atoms. The van der Waals surface area contributed by atoms with E-state index in [2.05, 4.69) is 24.9 Å². The molecule has 0 spiro atoms. The lowest BCUT2D eigenvalue weighted by Crippen LogP contribution is -2.38. The van der Waals surface area contributed by atoms with Crippen molar-refractivity contribution in [2.24, 2.45) is 5.92 Å². The summed E-state index contributed by atoms with van der Waals surface area (Å²) in [6, 6.07) is 13.1. The number of carbonyl (C=O) groups is 1. The Balaban J connectivity index is 0.00000186. The molecule has 0 aliphatic carbocycles. The van der Waals surface area contributed by atoms with Gasteiger partial charge in [0.1, 0.15) is 5.82 Å². The molecule has 1 amide bonds. The van der Waals surface area contributed by atoms with E-state index in [1.54, 1.807) is 31.3 Å². The van der Waals surface area contributed by atoms with Gasteiger partial charge in [-0.2, -0.15) is 4.98 Å². The molecule has 11 heteroatoms. The van der Waals surface area contributed by atoms with Crippen LogP contribution in [0.15, 0.2) is 59.6 Å². The van der Waals surface area contributed by atoms with Gasteiger partial charge < -0.3 is 10.6 Å². The lowest BCUT2D eigenvalue weighted by molar-refractivity contribution is -0.174. The number of nitrogens with one attached hydrogen (secondary N) is 2. The van der Waals surface area contributed by atoms with Crippen LogP contribution in [0.4, 0.5) is 31.9 Å². The minimum absolute atomic E-state index is 0.00397. The predicted molar refractivity (Wildman–Crippen MR) is 143 cm³/mol. The molecule has 2 heterocycles. The van der Waals surface area contributed by atoms with Gasteiger partial charge in [-0.05, 0) is 67.3 Å². The lowest BCUT2D eigenvalue weighted by Gasteiger charge is -2.31. The molecule has 1 aliphatic heterocycles. The zero-order valence-electron chi connectivity index (χ0n) is 21.4. The van der Waals surface area contributed by atoms with E-state index in [1.807, 2.05) is 38.1 Å². The van der Waals surface area contributed by atoms with Gasteiger partial charge in [-0.3, -0.25) is 9.63 Å². The highest BCUT2D eigenvalue weighted by atomic mass is 32.2. The monoisotopic (exact) mass is 530 g/mol. The molecule has 4 rings (SSSR count). The first kappa shape index (κ1) is 28.3. The highest BCUT2D eigenvalue weighted by Gasteiger charge is 2.27. The number of hydroxylamine groups is 2. The van der Waals surface area contributed by atoms with Crippen LogP contribution in [0.25, 0.3) is 0 Å². The fourth-order valence-electron chi connectivity index (χ4n) is 3.63. The van der Waals surface area contributed by atoms with Crippen molar-refractivity contribution in [2.45, 2.75) is 31.6 Å². The van der Waals surface area contributed by atoms with Gasteiger partial charge in [0.15, 0.2) is 11.6 Å². The van der Waals surface area contributed by atoms with Crippen LogP contribution in [0.2, 0.25) is 0 Å². The molecule has 198 valence electrons. The topological polar surface area (TPSA) is 82.6 Å². The van der Waals surface area contributed by atoms with Crippen LogP contribution < -0.4 is 10.6 Å². The molecule has 1 fully saturated rings. The lowest BCUT2D eigenvalue weighted by atomic mass is 9.97. The van der Waals surface area contributed by atoms with Crippen molar-refractivity contribution in [1.29, 1.82) is 0 Å². The Bertz CT molecular complexity index is 1160. The van der Waals surface area contributed by atoms with E-state index >= 15 is 0 Å². The van der Waals surface area contributed by atoms with Crippen LogP contribution in [0, 0.1) is 17.6 Å². The minimum atomic E-state index is -0.933. The molecule has 8 nitrogen and oxygen atoms in total. The molecular formula is C26H32F2N6O2S. The summed E-state index contributed by atoms with van der Waals surface area (Å²) in [4.78, 5) is 26.9. The second-order valence-electron chi connectivity index (χ2n) is 7.98. The smallest absolute Gasteiger partial charge is 0.249 e. The van der Waals surface area contributed by atoms with E-state index in [9.17, 15) is 13.6 Å². The second kappa shape index (κ2) is 13.9. The quantitative estimate of drug-likeness (QED) is 0.271. The van der Waals surface area contributed by atoms with Gasteiger partial charge in [-0.1, -0.05) is 13.8 Å². The first-order chi connectivity index (χ1) is 17.9. The van der Waals surface area contributed by atoms with E-state index in [1.165, 1.54) is 18.2 Å². The number of aromatic nitrogens is 2. The summed E-state index contributed by atoms with van der Waals surface area (Å²) in [6.45, 7) is 5.65. The summed E-state index contributed by atoms with van der Waals surface area (Å²) in [6.07, 6.45) is 3.16. The van der Waals surface area contributed by atoms with E-state index < -0.39 is 11.6 Å². The summed E-state index contributed by atoms with van der Waals surface area (Å²) < 4.78 is 28.8. The Morgan fingerprint density at radius 2 is 1.70 bits per heavy atom. The van der Waals surface area contributed by atoms with Crippen LogP contribution in [-0.2, 0) is 9.63 Å². The zero-order chi connectivity index (χ0) is 26.8.